The van der Waals surface area contributed by atoms with Crippen LogP contribution in [0.4, 0.5) is 5.69 Å². The number of carbonyl (C=O) groups excluding carboxylic acids is 3. The Labute approximate surface area is 243 Å². The Kier molecular flexibility index (Phi) is 8.96. The average Bonchev–Trinajstić information content (AvgIpc) is 3.42. The number of benzene rings is 3. The first-order chi connectivity index (χ1) is 19.9. The highest BCUT2D eigenvalue weighted by atomic mass is 32.2. The molecule has 2 amide bonds. The number of rotatable bonds is 11. The van der Waals surface area contributed by atoms with Gasteiger partial charge in [-0.15, -0.1) is 0 Å². The predicted molar refractivity (Wildman–Crippen MR) is 160 cm³/mol. The average molecular weight is 590 g/mol. The Bertz CT molecular complexity index is 1780. The summed E-state index contributed by atoms with van der Waals surface area (Å²) in [6.45, 7) is 5.04. The van der Waals surface area contributed by atoms with Crippen molar-refractivity contribution in [2.45, 2.75) is 38.1 Å². The van der Waals surface area contributed by atoms with Crippen molar-refractivity contribution < 1.29 is 32.9 Å². The second kappa shape index (κ2) is 12.4. The lowest BCUT2D eigenvalue weighted by atomic mass is 9.98. The Balaban J connectivity index is 1.48. The van der Waals surface area contributed by atoms with Gasteiger partial charge in [0.2, 0.25) is 11.1 Å². The topological polar surface area (TPSA) is 169 Å². The molecule has 4 aromatic rings. The summed E-state index contributed by atoms with van der Waals surface area (Å²) in [5.74, 6) is -2.70. The number of hydrogen-bond acceptors (Lipinski definition) is 6. The van der Waals surface area contributed by atoms with Crippen molar-refractivity contribution in [3.63, 3.8) is 0 Å². The molecule has 0 aliphatic rings. The molecule has 0 radical (unpaired) electrons. The number of fused-ring (bicyclic) bond motifs is 1. The molecule has 218 valence electrons. The lowest BCUT2D eigenvalue weighted by Crippen LogP contribution is -2.44. The molecule has 3 atom stereocenters. The number of anilines is 1. The number of furan rings is 1. The summed E-state index contributed by atoms with van der Waals surface area (Å²) in [6.07, 6.45) is 0.428. The number of carboxylic acid groups (broad SMARTS) is 1. The van der Waals surface area contributed by atoms with E-state index in [9.17, 15) is 28.5 Å². The number of nitrogens with one attached hydrogen (secondary N) is 2. The van der Waals surface area contributed by atoms with E-state index in [0.717, 1.165) is 22.1 Å². The summed E-state index contributed by atoms with van der Waals surface area (Å²) in [4.78, 5) is 47.7. The minimum absolute atomic E-state index is 0.120. The maximum Gasteiger partial charge on any atom is 0.321 e. The molecular formula is C31H31N3O7S. The molecular weight excluding hydrogens is 558 g/mol. The van der Waals surface area contributed by atoms with Gasteiger partial charge in [0.1, 0.15) is 21.3 Å². The fourth-order valence-corrected chi connectivity index (χ4v) is 5.94. The molecule has 3 aromatic carbocycles. The van der Waals surface area contributed by atoms with Gasteiger partial charge in [0, 0.05) is 17.0 Å². The summed E-state index contributed by atoms with van der Waals surface area (Å²) in [7, 11) is -3.58. The molecule has 10 nitrogen and oxygen atoms in total. The van der Waals surface area contributed by atoms with Gasteiger partial charge in [-0.05, 0) is 65.4 Å². The monoisotopic (exact) mass is 589 g/mol. The molecule has 0 saturated heterocycles. The number of carbonyl (C=O) groups is 3. The smallest absolute Gasteiger partial charge is 0.321 e. The molecule has 0 aliphatic carbocycles. The maximum atomic E-state index is 13.2. The standard InChI is InChI=1S/C31H31N3O7S/c1-18(2)28(31(38)39)34-42(40,17-35)24-13-9-21(10-14-24)20-7-11-23(12-8-20)33-30(37)27-16-25-22(15-19(3)29(32)36)5-4-6-26(25)41-27/h4-14,16,18-19,28H,15H2,1-3H3,(H2,32,36)(H,33,37)(H,34,40)(H,38,39). The zero-order valence-corrected chi connectivity index (χ0v) is 24.1. The highest BCUT2D eigenvalue weighted by Crippen LogP contribution is 2.27. The van der Waals surface area contributed by atoms with Gasteiger partial charge in [-0.25, -0.2) is 13.7 Å². The van der Waals surface area contributed by atoms with Crippen LogP contribution < -0.4 is 15.8 Å². The summed E-state index contributed by atoms with van der Waals surface area (Å²) in [5, 5.41) is 14.4. The van der Waals surface area contributed by atoms with Gasteiger partial charge in [-0.3, -0.25) is 14.4 Å². The molecule has 4 rings (SSSR count). The Hall–Kier alpha value is -4.70. The lowest BCUT2D eigenvalue weighted by molar-refractivity contribution is -0.140. The maximum absolute atomic E-state index is 13.2. The summed E-state index contributed by atoms with van der Waals surface area (Å²) in [6, 6.07) is 19.2. The van der Waals surface area contributed by atoms with Crippen molar-refractivity contribution >= 4 is 49.4 Å². The number of hydrogen-bond donors (Lipinski definition) is 4. The molecule has 3 unspecified atom stereocenters. The van der Waals surface area contributed by atoms with Crippen molar-refractivity contribution in [1.29, 1.82) is 0 Å². The second-order valence-electron chi connectivity index (χ2n) is 10.3. The molecule has 0 aliphatic heterocycles. The minimum atomic E-state index is -3.58. The highest BCUT2D eigenvalue weighted by molar-refractivity contribution is 7.99. The molecule has 5 N–H and O–H groups in total. The van der Waals surface area contributed by atoms with Gasteiger partial charge in [0.25, 0.3) is 5.91 Å². The number of primary amides is 1. The van der Waals surface area contributed by atoms with Crippen LogP contribution in [-0.4, -0.2) is 38.4 Å². The quantitative estimate of drug-likeness (QED) is 0.189. The summed E-state index contributed by atoms with van der Waals surface area (Å²) < 4.78 is 21.4. The van der Waals surface area contributed by atoms with Crippen LogP contribution in [0.3, 0.4) is 0 Å². The molecule has 11 heteroatoms. The van der Waals surface area contributed by atoms with Gasteiger partial charge >= 0.3 is 5.97 Å². The van der Waals surface area contributed by atoms with E-state index in [1.807, 2.05) is 6.07 Å². The first kappa shape index (κ1) is 30.3. The molecule has 0 bridgehead atoms. The van der Waals surface area contributed by atoms with Crippen LogP contribution in [0.15, 0.2) is 82.1 Å². The lowest BCUT2D eigenvalue weighted by Gasteiger charge is -2.19. The van der Waals surface area contributed by atoms with E-state index in [-0.39, 0.29) is 16.6 Å². The van der Waals surface area contributed by atoms with E-state index in [4.69, 9.17) is 10.2 Å². The van der Waals surface area contributed by atoms with Crippen LogP contribution >= 0.6 is 0 Å². The van der Waals surface area contributed by atoms with E-state index < -0.39 is 39.5 Å². The Morgan fingerprint density at radius 2 is 1.60 bits per heavy atom. The van der Waals surface area contributed by atoms with Crippen LogP contribution in [-0.2, 0) is 30.5 Å². The van der Waals surface area contributed by atoms with Gasteiger partial charge in [-0.1, -0.05) is 57.2 Å². The number of amides is 2. The third-order valence-electron chi connectivity index (χ3n) is 6.89. The number of aliphatic carboxylic acids is 1. The zero-order valence-electron chi connectivity index (χ0n) is 23.2. The fourth-order valence-electron chi connectivity index (χ4n) is 4.41. The molecule has 0 saturated carbocycles. The molecule has 1 aromatic heterocycles. The summed E-state index contributed by atoms with van der Waals surface area (Å²) >= 11 is 0. The Morgan fingerprint density at radius 1 is 0.976 bits per heavy atom. The Morgan fingerprint density at radius 3 is 2.14 bits per heavy atom. The van der Waals surface area contributed by atoms with Crippen molar-refractivity contribution in [1.82, 2.24) is 4.72 Å². The largest absolute Gasteiger partial charge is 0.480 e. The van der Waals surface area contributed by atoms with E-state index in [1.165, 1.54) is 17.4 Å². The highest BCUT2D eigenvalue weighted by Gasteiger charge is 2.27. The van der Waals surface area contributed by atoms with Crippen molar-refractivity contribution in [2.24, 2.45) is 17.6 Å². The fraction of sp³-hybridized carbons (Fsp3) is 0.226. The van der Waals surface area contributed by atoms with Crippen molar-refractivity contribution in [3.8, 4) is 11.1 Å². The van der Waals surface area contributed by atoms with Crippen molar-refractivity contribution in [3.05, 3.63) is 84.1 Å². The summed E-state index contributed by atoms with van der Waals surface area (Å²) in [5.41, 5.74) is 8.86. The SMILES string of the molecule is CC(Cc1cccc2oc(C(=O)Nc3ccc(-c4ccc(S(=O)(=C=O)NC(C(=O)O)C(C)C)cc4)cc3)cc12)C(N)=O. The first-order valence-corrected chi connectivity index (χ1v) is 14.7. The third kappa shape index (κ3) is 6.60. The first-order valence-electron chi connectivity index (χ1n) is 13.2. The van der Waals surface area contributed by atoms with Crippen LogP contribution in [0.5, 0.6) is 0 Å². The van der Waals surface area contributed by atoms with Crippen LogP contribution in [0, 0.1) is 11.8 Å². The van der Waals surface area contributed by atoms with Crippen molar-refractivity contribution in [2.75, 3.05) is 5.32 Å². The van der Waals surface area contributed by atoms with Gasteiger partial charge < -0.3 is 20.6 Å². The van der Waals surface area contributed by atoms with Crippen LogP contribution in [0.1, 0.15) is 36.9 Å². The molecule has 0 fully saturated rings. The molecule has 42 heavy (non-hydrogen) atoms. The van der Waals surface area contributed by atoms with E-state index in [1.54, 1.807) is 75.4 Å². The normalized spacial score (nSPS) is 14.1. The number of nitrogens with two attached hydrogens (primary N) is 1. The van der Waals surface area contributed by atoms with E-state index in [2.05, 4.69) is 10.0 Å². The van der Waals surface area contributed by atoms with Crippen LogP contribution in [0.25, 0.3) is 22.1 Å². The predicted octanol–water partition coefficient (Wildman–Crippen LogP) is 4.34. The van der Waals surface area contributed by atoms with E-state index in [0.29, 0.717) is 17.7 Å². The van der Waals surface area contributed by atoms with Gasteiger partial charge in [-0.2, -0.15) is 0 Å². The molecule has 0 spiro atoms. The minimum Gasteiger partial charge on any atom is -0.480 e. The van der Waals surface area contributed by atoms with E-state index >= 15 is 0 Å². The molecule has 1 heterocycles. The zero-order chi connectivity index (χ0) is 30.6. The third-order valence-corrected chi connectivity index (χ3v) is 8.65. The number of carboxylic acids is 1. The van der Waals surface area contributed by atoms with Gasteiger partial charge in [0.05, 0.1) is 4.90 Å². The van der Waals surface area contributed by atoms with Crippen LogP contribution in [0.2, 0.25) is 0 Å². The van der Waals surface area contributed by atoms with Gasteiger partial charge in [0.15, 0.2) is 5.76 Å². The second-order valence-corrected chi connectivity index (χ2v) is 12.3.